The molecule has 1 amide bonds. The van der Waals surface area contributed by atoms with E-state index in [-0.39, 0.29) is 18.1 Å². The van der Waals surface area contributed by atoms with Gasteiger partial charge >= 0.3 is 0 Å². The monoisotopic (exact) mass is 413 g/mol. The lowest BCUT2D eigenvalue weighted by molar-refractivity contribution is -0.123. The Morgan fingerprint density at radius 3 is 2.70 bits per heavy atom. The summed E-state index contributed by atoms with van der Waals surface area (Å²) in [6.07, 6.45) is 0.831. The second-order valence-corrected chi connectivity index (χ2v) is 7.92. The molecule has 0 spiro atoms. The van der Waals surface area contributed by atoms with Crippen molar-refractivity contribution in [3.05, 3.63) is 59.2 Å². The van der Waals surface area contributed by atoms with Crippen LogP contribution in [0.5, 0.6) is 11.5 Å². The van der Waals surface area contributed by atoms with Crippen molar-refractivity contribution >= 4 is 5.91 Å². The van der Waals surface area contributed by atoms with Gasteiger partial charge in [-0.3, -0.25) is 4.79 Å². The van der Waals surface area contributed by atoms with Crippen LogP contribution in [0.25, 0.3) is 0 Å². The molecule has 0 atom stereocenters. The van der Waals surface area contributed by atoms with Crippen LogP contribution in [0.2, 0.25) is 0 Å². The van der Waals surface area contributed by atoms with Crippen LogP contribution < -0.4 is 14.8 Å². The maximum Gasteiger partial charge on any atom is 0.258 e. The average molecular weight is 414 g/mol. The molecule has 2 aromatic rings. The van der Waals surface area contributed by atoms with Gasteiger partial charge in [-0.2, -0.15) is 0 Å². The van der Waals surface area contributed by atoms with Gasteiger partial charge in [-0.15, -0.1) is 0 Å². The Hall–Kier alpha value is -2.57. The highest BCUT2D eigenvalue weighted by atomic mass is 16.5. The summed E-state index contributed by atoms with van der Waals surface area (Å²) in [5, 5.41) is 2.90. The summed E-state index contributed by atoms with van der Waals surface area (Å²) in [6.45, 7) is 8.81. The van der Waals surface area contributed by atoms with Crippen molar-refractivity contribution in [1.29, 1.82) is 0 Å². The molecular weight excluding hydrogens is 382 g/mol. The second-order valence-electron chi connectivity index (χ2n) is 7.92. The Balaban J connectivity index is 1.44. The lowest BCUT2D eigenvalue weighted by Crippen LogP contribution is -2.28. The van der Waals surface area contributed by atoms with Crippen LogP contribution in [-0.4, -0.2) is 37.9 Å². The quantitative estimate of drug-likeness (QED) is 0.570. The summed E-state index contributed by atoms with van der Waals surface area (Å²) in [5.74, 6) is 1.18. The molecule has 0 aromatic heterocycles. The molecule has 1 heterocycles. The third-order valence-electron chi connectivity index (χ3n) is 4.74. The zero-order valence-electron chi connectivity index (χ0n) is 18.0. The topological polar surface area (TPSA) is 66.0 Å². The average Bonchev–Trinajstić information content (AvgIpc) is 3.05. The van der Waals surface area contributed by atoms with Crippen LogP contribution in [0.1, 0.15) is 37.5 Å². The minimum absolute atomic E-state index is 0.0551. The Morgan fingerprint density at radius 1 is 1.10 bits per heavy atom. The number of rotatable bonds is 11. The standard InChI is InChI=1S/C24H31NO5/c1-4-27-11-12-28-16-19-8-5-7-18(13-19)15-25-22(26)17-29-21-10-6-9-20-14-24(2,3)30-23(20)21/h5-10,13H,4,11-12,14-17H2,1-3H3,(H,25,26). The molecule has 2 aromatic carbocycles. The molecule has 0 unspecified atom stereocenters. The van der Waals surface area contributed by atoms with Crippen molar-refractivity contribution in [3.8, 4) is 11.5 Å². The Bertz CT molecular complexity index is 849. The fourth-order valence-electron chi connectivity index (χ4n) is 3.38. The largest absolute Gasteiger partial charge is 0.483 e. The number of amides is 1. The summed E-state index contributed by atoms with van der Waals surface area (Å²) in [6, 6.07) is 13.8. The second kappa shape index (κ2) is 10.5. The van der Waals surface area contributed by atoms with Gasteiger partial charge in [-0.05, 0) is 38.0 Å². The van der Waals surface area contributed by atoms with E-state index in [1.165, 1.54) is 0 Å². The first kappa shape index (κ1) is 22.1. The van der Waals surface area contributed by atoms with Gasteiger partial charge in [0.05, 0.1) is 19.8 Å². The van der Waals surface area contributed by atoms with E-state index < -0.39 is 0 Å². The number of carbonyl (C=O) groups excluding carboxylic acids is 1. The van der Waals surface area contributed by atoms with Crippen LogP contribution >= 0.6 is 0 Å². The first-order valence-electron chi connectivity index (χ1n) is 10.4. The molecule has 0 bridgehead atoms. The minimum atomic E-state index is -0.248. The molecule has 6 nitrogen and oxygen atoms in total. The van der Waals surface area contributed by atoms with Gasteiger partial charge in [0.1, 0.15) is 5.60 Å². The molecule has 3 rings (SSSR count). The highest BCUT2D eigenvalue weighted by molar-refractivity contribution is 5.77. The molecule has 30 heavy (non-hydrogen) atoms. The van der Waals surface area contributed by atoms with Crippen LogP contribution in [-0.2, 0) is 33.8 Å². The van der Waals surface area contributed by atoms with E-state index in [0.717, 1.165) is 28.9 Å². The number of benzene rings is 2. The molecule has 162 valence electrons. The summed E-state index contributed by atoms with van der Waals surface area (Å²) < 4.78 is 22.6. The van der Waals surface area contributed by atoms with Gasteiger partial charge in [0, 0.05) is 25.1 Å². The smallest absolute Gasteiger partial charge is 0.258 e. The van der Waals surface area contributed by atoms with E-state index in [1.54, 1.807) is 0 Å². The van der Waals surface area contributed by atoms with Crippen molar-refractivity contribution < 1.29 is 23.7 Å². The third-order valence-corrected chi connectivity index (χ3v) is 4.74. The SMILES string of the molecule is CCOCCOCc1cccc(CNC(=O)COc2cccc3c2OC(C)(C)C3)c1. The first-order valence-corrected chi connectivity index (χ1v) is 10.4. The van der Waals surface area contributed by atoms with Gasteiger partial charge < -0.3 is 24.3 Å². The summed E-state index contributed by atoms with van der Waals surface area (Å²) in [5.41, 5.74) is 2.94. The van der Waals surface area contributed by atoms with Gasteiger partial charge in [-0.25, -0.2) is 0 Å². The maximum atomic E-state index is 12.3. The summed E-state index contributed by atoms with van der Waals surface area (Å²) in [7, 11) is 0. The maximum absolute atomic E-state index is 12.3. The predicted molar refractivity (Wildman–Crippen MR) is 115 cm³/mol. The van der Waals surface area contributed by atoms with Crippen molar-refractivity contribution in [2.45, 2.75) is 45.9 Å². The molecule has 1 aliphatic rings. The molecule has 1 aliphatic heterocycles. The van der Waals surface area contributed by atoms with Crippen molar-refractivity contribution in [1.82, 2.24) is 5.32 Å². The molecule has 0 aliphatic carbocycles. The van der Waals surface area contributed by atoms with Crippen molar-refractivity contribution in [3.63, 3.8) is 0 Å². The van der Waals surface area contributed by atoms with E-state index in [1.807, 2.05) is 63.2 Å². The van der Waals surface area contributed by atoms with E-state index in [4.69, 9.17) is 18.9 Å². The number of fused-ring (bicyclic) bond motifs is 1. The number of hydrogen-bond donors (Lipinski definition) is 1. The number of nitrogens with one attached hydrogen (secondary N) is 1. The number of para-hydroxylation sites is 1. The number of ether oxygens (including phenoxy) is 4. The Morgan fingerprint density at radius 2 is 1.87 bits per heavy atom. The van der Waals surface area contributed by atoms with Crippen LogP contribution in [0, 0.1) is 0 Å². The molecule has 1 N–H and O–H groups in total. The molecular formula is C24H31NO5. The van der Waals surface area contributed by atoms with Gasteiger partial charge in [-0.1, -0.05) is 36.4 Å². The number of hydrogen-bond acceptors (Lipinski definition) is 5. The van der Waals surface area contributed by atoms with E-state index in [9.17, 15) is 4.79 Å². The summed E-state index contributed by atoms with van der Waals surface area (Å²) in [4.78, 5) is 12.3. The fraction of sp³-hybridized carbons (Fsp3) is 0.458. The van der Waals surface area contributed by atoms with Gasteiger partial charge in [0.15, 0.2) is 18.1 Å². The highest BCUT2D eigenvalue weighted by Crippen LogP contribution is 2.41. The normalized spacial score (nSPS) is 14.1. The van der Waals surface area contributed by atoms with Gasteiger partial charge in [0.25, 0.3) is 5.91 Å². The van der Waals surface area contributed by atoms with E-state index in [2.05, 4.69) is 5.32 Å². The lowest BCUT2D eigenvalue weighted by Gasteiger charge is -2.18. The van der Waals surface area contributed by atoms with Crippen LogP contribution in [0.3, 0.4) is 0 Å². The van der Waals surface area contributed by atoms with E-state index in [0.29, 0.717) is 38.7 Å². The molecule has 0 saturated carbocycles. The Labute approximate surface area is 178 Å². The zero-order valence-corrected chi connectivity index (χ0v) is 18.0. The van der Waals surface area contributed by atoms with Crippen molar-refractivity contribution in [2.24, 2.45) is 0 Å². The van der Waals surface area contributed by atoms with Crippen LogP contribution in [0.15, 0.2) is 42.5 Å². The highest BCUT2D eigenvalue weighted by Gasteiger charge is 2.32. The Kier molecular flexibility index (Phi) is 7.71. The molecule has 6 heteroatoms. The molecule has 0 radical (unpaired) electrons. The number of carbonyl (C=O) groups is 1. The van der Waals surface area contributed by atoms with E-state index >= 15 is 0 Å². The first-order chi connectivity index (χ1) is 14.5. The lowest BCUT2D eigenvalue weighted by atomic mass is 10.0. The predicted octanol–water partition coefficient (Wildman–Crippen LogP) is 3.65. The molecule has 0 fully saturated rings. The zero-order chi connectivity index (χ0) is 21.4. The van der Waals surface area contributed by atoms with Crippen LogP contribution in [0.4, 0.5) is 0 Å². The fourth-order valence-corrected chi connectivity index (χ4v) is 3.38. The molecule has 0 saturated heterocycles. The van der Waals surface area contributed by atoms with Gasteiger partial charge in [0.2, 0.25) is 0 Å². The minimum Gasteiger partial charge on any atom is -0.483 e. The van der Waals surface area contributed by atoms with Crippen molar-refractivity contribution in [2.75, 3.05) is 26.4 Å². The summed E-state index contributed by atoms with van der Waals surface area (Å²) >= 11 is 0. The third kappa shape index (κ3) is 6.47.